The van der Waals surface area contributed by atoms with Gasteiger partial charge in [-0.2, -0.15) is 0 Å². The lowest BCUT2D eigenvalue weighted by Gasteiger charge is -2.37. The van der Waals surface area contributed by atoms with Crippen molar-refractivity contribution in [1.29, 1.82) is 0 Å². The molecule has 2 atom stereocenters. The Morgan fingerprint density at radius 3 is 2.47 bits per heavy atom. The maximum Gasteiger partial charge on any atom is 0.127 e. The first-order valence-electron chi connectivity index (χ1n) is 6.61. The highest BCUT2D eigenvalue weighted by Crippen LogP contribution is 2.24. The second-order valence-electron chi connectivity index (χ2n) is 5.88. The average molecular weight is 268 g/mol. The van der Waals surface area contributed by atoms with E-state index in [0.717, 1.165) is 0 Å². The highest BCUT2D eigenvalue weighted by Gasteiger charge is 2.26. The Morgan fingerprint density at radius 2 is 1.95 bits per heavy atom. The molecule has 0 aliphatic rings. The second-order valence-corrected chi connectivity index (χ2v) is 5.88. The number of nitrogens with two attached hydrogens (primary N) is 1. The van der Waals surface area contributed by atoms with Gasteiger partial charge in [0.1, 0.15) is 5.82 Å². The molecular weight excluding hydrogens is 243 g/mol. The molecule has 3 N–H and O–H groups in total. The molecule has 0 spiro atoms. The van der Waals surface area contributed by atoms with Gasteiger partial charge in [0, 0.05) is 23.7 Å². The summed E-state index contributed by atoms with van der Waals surface area (Å²) in [5.74, 6) is -0.168. The number of aliphatic hydroxyl groups excluding tert-OH is 1. The Kier molecular flexibility index (Phi) is 5.47. The van der Waals surface area contributed by atoms with Crippen molar-refractivity contribution in [1.82, 2.24) is 4.90 Å². The van der Waals surface area contributed by atoms with Crippen LogP contribution in [0.4, 0.5) is 4.39 Å². The molecule has 0 amide bonds. The predicted molar refractivity (Wildman–Crippen MR) is 76.3 cm³/mol. The van der Waals surface area contributed by atoms with E-state index in [-0.39, 0.29) is 29.9 Å². The van der Waals surface area contributed by atoms with Crippen LogP contribution in [0.15, 0.2) is 24.3 Å². The van der Waals surface area contributed by atoms with Gasteiger partial charge in [-0.25, -0.2) is 4.39 Å². The van der Waals surface area contributed by atoms with Crippen LogP contribution in [0.3, 0.4) is 0 Å². The van der Waals surface area contributed by atoms with Crippen molar-refractivity contribution >= 4 is 0 Å². The molecule has 1 rings (SSSR count). The minimum absolute atomic E-state index is 0.0746. The number of rotatable bonds is 6. The summed E-state index contributed by atoms with van der Waals surface area (Å²) < 4.78 is 13.7. The third-order valence-electron chi connectivity index (χ3n) is 3.86. The van der Waals surface area contributed by atoms with Gasteiger partial charge in [0.25, 0.3) is 0 Å². The van der Waals surface area contributed by atoms with Crippen molar-refractivity contribution < 1.29 is 9.50 Å². The van der Waals surface area contributed by atoms with Crippen LogP contribution < -0.4 is 5.73 Å². The van der Waals surface area contributed by atoms with Crippen molar-refractivity contribution in [2.24, 2.45) is 11.7 Å². The first kappa shape index (κ1) is 16.1. The van der Waals surface area contributed by atoms with Crippen LogP contribution in [0.5, 0.6) is 0 Å². The van der Waals surface area contributed by atoms with E-state index in [0.29, 0.717) is 12.1 Å². The Morgan fingerprint density at radius 1 is 1.37 bits per heavy atom. The topological polar surface area (TPSA) is 49.5 Å². The summed E-state index contributed by atoms with van der Waals surface area (Å²) in [6.07, 6.45) is 0. The van der Waals surface area contributed by atoms with Gasteiger partial charge in [0.15, 0.2) is 0 Å². The van der Waals surface area contributed by atoms with E-state index in [2.05, 4.69) is 4.90 Å². The summed E-state index contributed by atoms with van der Waals surface area (Å²) in [4.78, 5) is 2.05. The zero-order valence-corrected chi connectivity index (χ0v) is 12.2. The van der Waals surface area contributed by atoms with Crippen molar-refractivity contribution in [2.75, 3.05) is 20.2 Å². The van der Waals surface area contributed by atoms with Crippen molar-refractivity contribution in [3.8, 4) is 0 Å². The minimum Gasteiger partial charge on any atom is -0.394 e. The van der Waals surface area contributed by atoms with Gasteiger partial charge < -0.3 is 10.8 Å². The molecule has 4 heteroatoms. The minimum atomic E-state index is -0.349. The monoisotopic (exact) mass is 268 g/mol. The molecule has 2 unspecified atom stereocenters. The molecule has 1 aromatic rings. The van der Waals surface area contributed by atoms with E-state index in [1.165, 1.54) is 6.07 Å². The molecular formula is C15H25FN2O. The number of likely N-dealkylation sites (N-methyl/N-ethyl adjacent to an activating group) is 1. The van der Waals surface area contributed by atoms with Crippen molar-refractivity contribution in [3.63, 3.8) is 0 Å². The van der Waals surface area contributed by atoms with E-state index in [4.69, 9.17) is 5.73 Å². The van der Waals surface area contributed by atoms with Crippen molar-refractivity contribution in [2.45, 2.75) is 32.4 Å². The molecule has 0 heterocycles. The molecule has 3 nitrogen and oxygen atoms in total. The first-order chi connectivity index (χ1) is 8.79. The third kappa shape index (κ3) is 4.00. The quantitative estimate of drug-likeness (QED) is 0.831. The highest BCUT2D eigenvalue weighted by molar-refractivity contribution is 5.21. The lowest BCUT2D eigenvalue weighted by Crippen LogP contribution is -2.47. The number of benzene rings is 1. The molecule has 0 aliphatic carbocycles. The second kappa shape index (κ2) is 6.46. The fourth-order valence-corrected chi connectivity index (χ4v) is 1.97. The Labute approximate surface area is 115 Å². The summed E-state index contributed by atoms with van der Waals surface area (Å²) in [6.45, 7) is 6.71. The summed E-state index contributed by atoms with van der Waals surface area (Å²) in [6, 6.07) is 6.28. The summed E-state index contributed by atoms with van der Waals surface area (Å²) in [7, 11) is 1.95. The molecule has 1 aromatic carbocycles. The average Bonchev–Trinajstić information content (AvgIpc) is 2.38. The van der Waals surface area contributed by atoms with Gasteiger partial charge >= 0.3 is 0 Å². The number of hydrogen-bond donors (Lipinski definition) is 2. The Balaban J connectivity index is 2.74. The number of hydrogen-bond acceptors (Lipinski definition) is 3. The maximum absolute atomic E-state index is 13.7. The predicted octanol–water partition coefficient (Wildman–Crippen LogP) is 2.16. The van der Waals surface area contributed by atoms with E-state index in [1.54, 1.807) is 18.2 Å². The van der Waals surface area contributed by atoms with Crippen LogP contribution in [-0.4, -0.2) is 35.7 Å². The fourth-order valence-electron chi connectivity index (χ4n) is 1.97. The smallest absolute Gasteiger partial charge is 0.127 e. The van der Waals surface area contributed by atoms with E-state index in [9.17, 15) is 9.50 Å². The summed E-state index contributed by atoms with van der Waals surface area (Å²) in [5.41, 5.74) is 6.39. The zero-order chi connectivity index (χ0) is 14.6. The summed E-state index contributed by atoms with van der Waals surface area (Å²) >= 11 is 0. The SMILES string of the molecule is CC(CN(C)C(C)(C)CO)C(N)c1ccccc1F. The maximum atomic E-state index is 13.7. The number of nitrogens with zero attached hydrogens (tertiary/aromatic N) is 1. The van der Waals surface area contributed by atoms with Crippen LogP contribution in [-0.2, 0) is 0 Å². The molecule has 0 fully saturated rings. The van der Waals surface area contributed by atoms with E-state index < -0.39 is 0 Å². The van der Waals surface area contributed by atoms with Crippen LogP contribution in [0.2, 0.25) is 0 Å². The van der Waals surface area contributed by atoms with Gasteiger partial charge in [-0.3, -0.25) is 4.90 Å². The largest absolute Gasteiger partial charge is 0.394 e. The number of halogens is 1. The molecule has 0 saturated heterocycles. The molecule has 108 valence electrons. The van der Waals surface area contributed by atoms with Crippen LogP contribution in [0.1, 0.15) is 32.4 Å². The number of aliphatic hydroxyl groups is 1. The molecule has 0 saturated carbocycles. The lowest BCUT2D eigenvalue weighted by molar-refractivity contribution is 0.0649. The first-order valence-corrected chi connectivity index (χ1v) is 6.61. The molecule has 19 heavy (non-hydrogen) atoms. The van der Waals surface area contributed by atoms with Gasteiger partial charge in [-0.15, -0.1) is 0 Å². The van der Waals surface area contributed by atoms with E-state index >= 15 is 0 Å². The highest BCUT2D eigenvalue weighted by atomic mass is 19.1. The molecule has 0 aromatic heterocycles. The van der Waals surface area contributed by atoms with Crippen LogP contribution in [0.25, 0.3) is 0 Å². The Hall–Kier alpha value is -0.970. The van der Waals surface area contributed by atoms with Gasteiger partial charge in [-0.1, -0.05) is 25.1 Å². The van der Waals surface area contributed by atoms with Gasteiger partial charge in [0.05, 0.1) is 6.61 Å². The Bertz CT molecular complexity index is 409. The van der Waals surface area contributed by atoms with Gasteiger partial charge in [0.2, 0.25) is 0 Å². The van der Waals surface area contributed by atoms with E-state index in [1.807, 2.05) is 27.8 Å². The fraction of sp³-hybridized carbons (Fsp3) is 0.600. The van der Waals surface area contributed by atoms with Crippen LogP contribution in [0, 0.1) is 11.7 Å². The molecule has 0 aliphatic heterocycles. The van der Waals surface area contributed by atoms with Gasteiger partial charge in [-0.05, 0) is 32.9 Å². The molecule has 0 radical (unpaired) electrons. The zero-order valence-electron chi connectivity index (χ0n) is 12.2. The lowest BCUT2D eigenvalue weighted by atomic mass is 9.93. The van der Waals surface area contributed by atoms with Crippen LogP contribution >= 0.6 is 0 Å². The normalized spacial score (nSPS) is 15.6. The summed E-state index contributed by atoms with van der Waals surface area (Å²) in [5, 5.41) is 9.34. The third-order valence-corrected chi connectivity index (χ3v) is 3.86. The standard InChI is InChI=1S/C15H25FN2O/c1-11(9-18(4)15(2,3)10-19)14(17)12-7-5-6-8-13(12)16/h5-8,11,14,19H,9-10,17H2,1-4H3. The van der Waals surface area contributed by atoms with Crippen molar-refractivity contribution in [3.05, 3.63) is 35.6 Å². The molecule has 0 bridgehead atoms.